The van der Waals surface area contributed by atoms with Crippen LogP contribution < -0.4 is 10.6 Å². The summed E-state index contributed by atoms with van der Waals surface area (Å²) in [6.07, 6.45) is 38.7. The van der Waals surface area contributed by atoms with E-state index in [1.807, 2.05) is 0 Å². The van der Waals surface area contributed by atoms with E-state index in [-0.39, 0.29) is 32.1 Å². The molecular weight excluding hydrogens is 1450 g/mol. The van der Waals surface area contributed by atoms with Gasteiger partial charge in [-0.25, -0.2) is 4.57 Å². The molecule has 2 amide bonds. The molecule has 1 saturated heterocycles. The van der Waals surface area contributed by atoms with Crippen LogP contribution >= 0.6 is 7.82 Å². The van der Waals surface area contributed by atoms with Gasteiger partial charge in [0.25, 0.3) is 0 Å². The number of nitrogens with one attached hydrogen (secondary N) is 2. The van der Waals surface area contributed by atoms with Crippen molar-refractivity contribution >= 4 is 49.5 Å². The predicted octanol–water partition coefficient (Wildman–Crippen LogP) is 21.4. The molecule has 0 aromatic heterocycles. The summed E-state index contributed by atoms with van der Waals surface area (Å²) in [6, 6.07) is -2.78. The van der Waals surface area contributed by atoms with Gasteiger partial charge in [0.2, 0.25) is 11.8 Å². The molecule has 1 fully saturated rings. The number of unbranched alkanes of at least 4 members (excludes halogenated alkanes) is 42. The third kappa shape index (κ3) is 64.3. The van der Waals surface area contributed by atoms with Crippen LogP contribution in [-0.4, -0.2) is 154 Å². The normalized spacial score (nSPS) is 16.7. The van der Waals surface area contributed by atoms with Crippen LogP contribution in [0.5, 0.6) is 0 Å². The number of hydrogen-bond acceptors (Lipinski definition) is 17. The summed E-state index contributed by atoms with van der Waals surface area (Å²) in [7, 11) is -5.55. The molecule has 0 aliphatic carbocycles. The first-order valence-electron chi connectivity index (χ1n) is 46.1. The smallest absolute Gasteiger partial charge is 0.470 e. The fourth-order valence-corrected chi connectivity index (χ4v) is 15.1. The number of carbonyl (C=O) groups is 7. The van der Waals surface area contributed by atoms with E-state index in [4.69, 9.17) is 32.9 Å². The number of aliphatic carboxylic acids is 1. The fraction of sp³-hybridized carbons (Fsp3) is 0.921. The van der Waals surface area contributed by atoms with Crippen molar-refractivity contribution in [1.82, 2.24) is 15.5 Å². The van der Waals surface area contributed by atoms with Gasteiger partial charge in [0, 0.05) is 25.7 Å². The van der Waals surface area contributed by atoms with Gasteiger partial charge in [-0.2, -0.15) is 0 Å². The summed E-state index contributed by atoms with van der Waals surface area (Å²) in [4.78, 5) is 120. The van der Waals surface area contributed by atoms with E-state index < -0.39 is 137 Å². The highest BCUT2D eigenvalue weighted by Gasteiger charge is 2.52. The number of aliphatic hydroxyl groups is 1. The molecule has 0 bridgehead atoms. The lowest BCUT2D eigenvalue weighted by atomic mass is 9.95. The van der Waals surface area contributed by atoms with Gasteiger partial charge in [0.05, 0.1) is 38.5 Å². The van der Waals surface area contributed by atoms with Gasteiger partial charge in [-0.3, -0.25) is 38.1 Å². The summed E-state index contributed by atoms with van der Waals surface area (Å²) in [5, 5.41) is 26.8. The van der Waals surface area contributed by atoms with Gasteiger partial charge in [0.1, 0.15) is 36.6 Å². The molecule has 1 heterocycles. The second-order valence-electron chi connectivity index (χ2n) is 31.9. The number of nitrogens with zero attached hydrogens (tertiary/aromatic N) is 1. The highest BCUT2D eigenvalue weighted by molar-refractivity contribution is 7.46. The van der Waals surface area contributed by atoms with E-state index >= 15 is 0 Å². The first-order valence-corrected chi connectivity index (χ1v) is 47.6. The first-order chi connectivity index (χ1) is 54.2. The van der Waals surface area contributed by atoms with Gasteiger partial charge >= 0.3 is 37.7 Å². The number of carboxylic acids is 1. The van der Waals surface area contributed by atoms with Crippen LogP contribution in [-0.2, 0) is 71.1 Å². The molecule has 1 aliphatic heterocycles. The molecule has 112 heavy (non-hydrogen) atoms. The number of carbonyl (C=O) groups excluding carboxylic acids is 6. The van der Waals surface area contributed by atoms with Crippen molar-refractivity contribution in [3.05, 3.63) is 0 Å². The molecule has 0 aromatic carbocycles. The summed E-state index contributed by atoms with van der Waals surface area (Å²) < 4.78 is 55.6. The molecule has 22 nitrogen and oxygen atoms in total. The molecule has 0 saturated carbocycles. The first kappa shape index (κ1) is 108. The molecule has 0 unspecified atom stereocenters. The number of carboxylic acid groups (broad SMARTS) is 1. The number of aliphatic hydroxyl groups excluding tert-OH is 1. The monoisotopic (exact) mass is 1620 g/mol. The van der Waals surface area contributed by atoms with E-state index in [1.165, 1.54) is 77.4 Å². The average Bonchev–Trinajstić information content (AvgIpc) is 0.780. The molecule has 23 heteroatoms. The van der Waals surface area contributed by atoms with E-state index in [0.717, 1.165) is 212 Å². The lowest BCUT2D eigenvalue weighted by Gasteiger charge is -2.45. The largest absolute Gasteiger partial charge is 0.481 e. The maximum absolute atomic E-state index is 14.9. The summed E-state index contributed by atoms with van der Waals surface area (Å²) in [6.45, 7) is 21.7. The van der Waals surface area contributed by atoms with Crippen LogP contribution in [0.25, 0.3) is 0 Å². The highest BCUT2D eigenvalue weighted by atomic mass is 31.2. The number of esters is 4. The second-order valence-corrected chi connectivity index (χ2v) is 33.1. The zero-order valence-corrected chi connectivity index (χ0v) is 73.7. The van der Waals surface area contributed by atoms with Crippen LogP contribution in [0.3, 0.4) is 0 Å². The lowest BCUT2D eigenvalue weighted by Crippen LogP contribution is -2.66. The standard InChI is InChI=1S/C83H155N2O19P.C6H15N/c1-7-13-19-25-31-34-40-43-49-55-69(99-76(91)58-52-46-37-28-22-16-10-4)63-73(87)84-68(61-62-75(89)90)67-98-83-80(85-74(88)64-70(56-50-44-41-35-32-26-20-14-8-2)100-77(92)59-53-47-38-29-23-17-11-5)82(81(72(66-86)102-83)104-105(95,96)97)103-79(94)65-71(57-51-45-42-36-33-27-21-15-9-3)101-78(93)60-54-48-39-30-24-18-12-6;1-4-7(5-2)6-3/h68-72,80-83,86H,7-67H2,1-6H3,(H,84,87)(H,85,88)(H,89,90)(H2,95,96,97);4-6H2,1-3H3/t68-,69+,70+,71+,72+,80-,81+,82+,83+;/m0./s1. The molecular formula is C89H170N3O19P. The maximum atomic E-state index is 14.9. The van der Waals surface area contributed by atoms with Crippen LogP contribution in [0, 0.1) is 0 Å². The molecule has 660 valence electrons. The van der Waals surface area contributed by atoms with Crippen molar-refractivity contribution in [1.29, 1.82) is 0 Å². The van der Waals surface area contributed by atoms with Gasteiger partial charge in [-0.1, -0.05) is 332 Å². The van der Waals surface area contributed by atoms with Crippen LogP contribution in [0.2, 0.25) is 0 Å². The lowest BCUT2D eigenvalue weighted by molar-refractivity contribution is -0.272. The second kappa shape index (κ2) is 76.0. The Labute approximate surface area is 681 Å². The Hall–Kier alpha value is -3.76. The van der Waals surface area contributed by atoms with Crippen molar-refractivity contribution in [2.24, 2.45) is 0 Å². The summed E-state index contributed by atoms with van der Waals surface area (Å²) in [5.74, 6) is -4.82. The number of phosphoric acid groups is 1. The molecule has 0 radical (unpaired) electrons. The topological polar surface area (TPSA) is 309 Å². The van der Waals surface area contributed by atoms with E-state index in [1.54, 1.807) is 0 Å². The summed E-state index contributed by atoms with van der Waals surface area (Å²) in [5.41, 5.74) is 0. The Morgan fingerprint density at radius 3 is 1.01 bits per heavy atom. The number of rotatable bonds is 78. The zero-order valence-electron chi connectivity index (χ0n) is 72.8. The Morgan fingerprint density at radius 1 is 0.393 bits per heavy atom. The van der Waals surface area contributed by atoms with E-state index in [9.17, 15) is 58.1 Å². The number of ether oxygens (including phenoxy) is 6. The van der Waals surface area contributed by atoms with Crippen LogP contribution in [0.4, 0.5) is 0 Å². The minimum Gasteiger partial charge on any atom is -0.481 e. The third-order valence-electron chi connectivity index (χ3n) is 21.5. The molecule has 9 atom stereocenters. The van der Waals surface area contributed by atoms with Gasteiger partial charge in [-0.05, 0) is 83.8 Å². The van der Waals surface area contributed by atoms with Gasteiger partial charge in [0.15, 0.2) is 12.4 Å². The molecule has 6 N–H and O–H groups in total. The fourth-order valence-electron chi connectivity index (χ4n) is 14.5. The average molecular weight is 1620 g/mol. The van der Waals surface area contributed by atoms with Crippen molar-refractivity contribution in [3.63, 3.8) is 0 Å². The third-order valence-corrected chi connectivity index (χ3v) is 22.0. The predicted molar refractivity (Wildman–Crippen MR) is 450 cm³/mol. The number of hydrogen-bond donors (Lipinski definition) is 6. The van der Waals surface area contributed by atoms with Crippen molar-refractivity contribution in [2.75, 3.05) is 32.8 Å². The van der Waals surface area contributed by atoms with Crippen LogP contribution in [0.15, 0.2) is 0 Å². The van der Waals surface area contributed by atoms with E-state index in [2.05, 4.69) is 77.8 Å². The number of phosphoric ester groups is 1. The van der Waals surface area contributed by atoms with Crippen molar-refractivity contribution in [3.8, 4) is 0 Å². The molecule has 1 rings (SSSR count). The Kier molecular flexibility index (Phi) is 73.4. The SMILES string of the molecule is CCCCCCCCCCC[C@H](CC(=O)N[C@@H](CCC(=O)O)CO[C@@H]1O[C@H](CO)[C@@H](OP(=O)(O)O)[C@H](OC(=O)C[C@@H](CCCCCCCCCCC)OC(=O)CCCCCCCCC)[C@@H]1NC(=O)C[C@@H](CCCCCCCCCCC)OC(=O)CCCCCCCCC)OC(=O)CCCCCCCCC.CCN(CC)CC. The van der Waals surface area contributed by atoms with E-state index in [0.29, 0.717) is 57.8 Å². The maximum Gasteiger partial charge on any atom is 0.470 e. The summed E-state index contributed by atoms with van der Waals surface area (Å²) >= 11 is 0. The minimum atomic E-state index is -5.55. The van der Waals surface area contributed by atoms with Gasteiger partial charge in [-0.15, -0.1) is 0 Å². The van der Waals surface area contributed by atoms with Crippen molar-refractivity contribution < 1.29 is 91.1 Å². The quantitative estimate of drug-likeness (QED) is 0.0143. The molecule has 1 aliphatic rings. The minimum absolute atomic E-state index is 0.135. The zero-order chi connectivity index (χ0) is 82.9. The van der Waals surface area contributed by atoms with Crippen LogP contribution in [0.1, 0.15) is 441 Å². The van der Waals surface area contributed by atoms with Gasteiger partial charge < -0.3 is 64.0 Å². The Bertz CT molecular complexity index is 2310. The Morgan fingerprint density at radius 2 is 0.705 bits per heavy atom. The molecule has 0 spiro atoms. The van der Waals surface area contributed by atoms with Crippen molar-refractivity contribution in [2.45, 2.75) is 496 Å². The molecule has 0 aromatic rings. The Balaban J connectivity index is 0.0000167. The number of amides is 2. The highest BCUT2D eigenvalue weighted by Crippen LogP contribution is 2.43.